The minimum absolute atomic E-state index is 0.515. The Morgan fingerprint density at radius 2 is 2.07 bits per heavy atom. The van der Waals surface area contributed by atoms with Gasteiger partial charge in [0.2, 0.25) is 0 Å². The van der Waals surface area contributed by atoms with Crippen LogP contribution in [0.15, 0.2) is 24.8 Å². The van der Waals surface area contributed by atoms with Gasteiger partial charge in [-0.15, -0.1) is 0 Å². The van der Waals surface area contributed by atoms with Crippen molar-refractivity contribution in [2.24, 2.45) is 5.92 Å². The van der Waals surface area contributed by atoms with Gasteiger partial charge < -0.3 is 10.8 Å². The average molecular weight is 206 g/mol. The molecule has 2 nitrogen and oxygen atoms in total. The molecule has 0 radical (unpaired) electrons. The fourth-order valence-electron chi connectivity index (χ4n) is 1.59. The molecule has 0 saturated heterocycles. The van der Waals surface area contributed by atoms with E-state index >= 15 is 0 Å². The molecule has 1 unspecified atom stereocenters. The molecule has 0 saturated carbocycles. The van der Waals surface area contributed by atoms with Gasteiger partial charge in [0, 0.05) is 5.71 Å². The van der Waals surface area contributed by atoms with Crippen LogP contribution in [0.4, 0.5) is 0 Å². The minimum atomic E-state index is 0.515. The van der Waals surface area contributed by atoms with Crippen molar-refractivity contribution < 1.29 is 0 Å². The van der Waals surface area contributed by atoms with Crippen molar-refractivity contribution in [2.45, 2.75) is 39.0 Å². The number of allylic oxidation sites excluding steroid dienone is 2. The molecule has 0 aromatic rings. The van der Waals surface area contributed by atoms with Gasteiger partial charge in [0.05, 0.1) is 0 Å². The van der Waals surface area contributed by atoms with Crippen molar-refractivity contribution in [3.05, 3.63) is 24.8 Å². The van der Waals surface area contributed by atoms with E-state index in [-0.39, 0.29) is 0 Å². The Morgan fingerprint density at radius 3 is 2.53 bits per heavy atom. The Hall–Kier alpha value is -1.18. The van der Waals surface area contributed by atoms with Crippen LogP contribution in [0.5, 0.6) is 0 Å². The summed E-state index contributed by atoms with van der Waals surface area (Å²) in [7, 11) is 0. The number of rotatable bonds is 9. The first-order valence-electron chi connectivity index (χ1n) is 5.43. The smallest absolute Gasteiger partial charge is 0.00609 e. The van der Waals surface area contributed by atoms with Crippen LogP contribution in [-0.4, -0.2) is 11.9 Å². The van der Waals surface area contributed by atoms with E-state index in [1.54, 1.807) is 6.08 Å². The summed E-state index contributed by atoms with van der Waals surface area (Å²) in [5, 5.41) is 14.5. The van der Waals surface area contributed by atoms with Crippen LogP contribution in [0.1, 0.15) is 39.0 Å². The zero-order valence-corrected chi connectivity index (χ0v) is 9.68. The van der Waals surface area contributed by atoms with Gasteiger partial charge in [0.15, 0.2) is 0 Å². The Bertz CT molecular complexity index is 241. The van der Waals surface area contributed by atoms with Crippen LogP contribution in [-0.2, 0) is 0 Å². The summed E-state index contributed by atoms with van der Waals surface area (Å²) in [6.45, 7) is 9.42. The minimum Gasteiger partial charge on any atom is -0.313 e. The summed E-state index contributed by atoms with van der Waals surface area (Å²) in [6, 6.07) is 0. The third-order valence-electron chi connectivity index (χ3n) is 2.48. The molecule has 1 atom stereocenters. The Balaban J connectivity index is 3.98. The number of hydrogen-bond acceptors (Lipinski definition) is 2. The topological polar surface area (TPSA) is 47.7 Å². The van der Waals surface area contributed by atoms with Gasteiger partial charge in [0.25, 0.3) is 0 Å². The van der Waals surface area contributed by atoms with Gasteiger partial charge in [-0.2, -0.15) is 0 Å². The molecule has 0 fully saturated rings. The Labute approximate surface area is 93.1 Å². The third kappa shape index (κ3) is 7.86. The standard InChI is InChI=1S/C13H22N2/c1-4-11(2)7-8-13(6-5-9-14)10-12(3)15/h4,9,13-15H,1-2,5-8,10H2,3H3. The predicted octanol–water partition coefficient (Wildman–Crippen LogP) is 3.98. The predicted molar refractivity (Wildman–Crippen MR) is 68.1 cm³/mol. The van der Waals surface area contributed by atoms with Crippen molar-refractivity contribution in [3.63, 3.8) is 0 Å². The summed E-state index contributed by atoms with van der Waals surface area (Å²) in [6.07, 6.45) is 7.93. The maximum absolute atomic E-state index is 7.49. The largest absolute Gasteiger partial charge is 0.313 e. The Morgan fingerprint density at radius 1 is 1.40 bits per heavy atom. The molecule has 15 heavy (non-hydrogen) atoms. The highest BCUT2D eigenvalue weighted by molar-refractivity contribution is 5.78. The zero-order valence-electron chi connectivity index (χ0n) is 9.68. The molecule has 2 heteroatoms. The molecule has 0 aromatic heterocycles. The lowest BCUT2D eigenvalue weighted by atomic mass is 9.91. The molecule has 0 aliphatic carbocycles. The van der Waals surface area contributed by atoms with Crippen LogP contribution in [0.3, 0.4) is 0 Å². The molecule has 0 aliphatic heterocycles. The first kappa shape index (κ1) is 13.8. The van der Waals surface area contributed by atoms with Crippen LogP contribution >= 0.6 is 0 Å². The molecule has 84 valence electrons. The van der Waals surface area contributed by atoms with Gasteiger partial charge >= 0.3 is 0 Å². The SMILES string of the molecule is C=CC(=C)CCC(CCC=N)CC(C)=N. The first-order chi connectivity index (χ1) is 7.10. The quantitative estimate of drug-likeness (QED) is 0.423. The van der Waals surface area contributed by atoms with E-state index in [1.165, 1.54) is 6.21 Å². The molecule has 0 heterocycles. The average Bonchev–Trinajstić information content (AvgIpc) is 2.20. The van der Waals surface area contributed by atoms with E-state index < -0.39 is 0 Å². The summed E-state index contributed by atoms with van der Waals surface area (Å²) in [5.74, 6) is 0.515. The zero-order chi connectivity index (χ0) is 11.7. The molecule has 0 aromatic carbocycles. The van der Waals surface area contributed by atoms with Crippen molar-refractivity contribution >= 4 is 11.9 Å². The number of nitrogens with one attached hydrogen (secondary N) is 2. The lowest BCUT2D eigenvalue weighted by Gasteiger charge is -2.15. The molecular formula is C13H22N2. The molecule has 0 bridgehead atoms. The van der Waals surface area contributed by atoms with Gasteiger partial charge in [-0.25, -0.2) is 0 Å². The van der Waals surface area contributed by atoms with Gasteiger partial charge in [-0.1, -0.05) is 24.8 Å². The first-order valence-corrected chi connectivity index (χ1v) is 5.43. The molecule has 0 spiro atoms. The van der Waals surface area contributed by atoms with E-state index in [0.717, 1.165) is 43.4 Å². The van der Waals surface area contributed by atoms with E-state index in [0.29, 0.717) is 5.92 Å². The summed E-state index contributed by atoms with van der Waals surface area (Å²) < 4.78 is 0. The van der Waals surface area contributed by atoms with E-state index in [2.05, 4.69) is 13.2 Å². The third-order valence-corrected chi connectivity index (χ3v) is 2.48. The van der Waals surface area contributed by atoms with Crippen molar-refractivity contribution in [2.75, 3.05) is 0 Å². The normalized spacial score (nSPS) is 11.8. The van der Waals surface area contributed by atoms with E-state index in [4.69, 9.17) is 10.8 Å². The summed E-state index contributed by atoms with van der Waals surface area (Å²) in [4.78, 5) is 0. The van der Waals surface area contributed by atoms with Gasteiger partial charge in [-0.3, -0.25) is 0 Å². The highest BCUT2D eigenvalue weighted by Gasteiger charge is 2.09. The van der Waals surface area contributed by atoms with E-state index in [1.807, 2.05) is 6.92 Å². The van der Waals surface area contributed by atoms with Crippen LogP contribution < -0.4 is 0 Å². The number of hydrogen-bond donors (Lipinski definition) is 2. The van der Waals surface area contributed by atoms with Crippen LogP contribution in [0.25, 0.3) is 0 Å². The second kappa shape index (κ2) is 8.16. The highest BCUT2D eigenvalue weighted by atomic mass is 14.4. The van der Waals surface area contributed by atoms with Crippen LogP contribution in [0, 0.1) is 16.7 Å². The molecule has 0 amide bonds. The maximum atomic E-state index is 7.49. The summed E-state index contributed by atoms with van der Waals surface area (Å²) in [5.41, 5.74) is 1.80. The fraction of sp³-hybridized carbons (Fsp3) is 0.538. The van der Waals surface area contributed by atoms with Crippen LogP contribution in [0.2, 0.25) is 0 Å². The highest BCUT2D eigenvalue weighted by Crippen LogP contribution is 2.20. The second-order valence-corrected chi connectivity index (χ2v) is 4.03. The summed E-state index contributed by atoms with van der Waals surface area (Å²) >= 11 is 0. The van der Waals surface area contributed by atoms with Crippen molar-refractivity contribution in [1.82, 2.24) is 0 Å². The molecular weight excluding hydrogens is 184 g/mol. The van der Waals surface area contributed by atoms with Crippen molar-refractivity contribution in [1.29, 1.82) is 10.8 Å². The second-order valence-electron chi connectivity index (χ2n) is 4.03. The lowest BCUT2D eigenvalue weighted by molar-refractivity contribution is 0.476. The van der Waals surface area contributed by atoms with Gasteiger partial charge in [-0.05, 0) is 51.2 Å². The lowest BCUT2D eigenvalue weighted by Crippen LogP contribution is -2.06. The van der Waals surface area contributed by atoms with E-state index in [9.17, 15) is 0 Å². The molecule has 2 N–H and O–H groups in total. The van der Waals surface area contributed by atoms with Gasteiger partial charge in [0.1, 0.15) is 0 Å². The monoisotopic (exact) mass is 206 g/mol. The molecule has 0 aliphatic rings. The van der Waals surface area contributed by atoms with Crippen molar-refractivity contribution in [3.8, 4) is 0 Å². The molecule has 0 rings (SSSR count). The fourth-order valence-corrected chi connectivity index (χ4v) is 1.59. The Kier molecular flexibility index (Phi) is 7.51. The maximum Gasteiger partial charge on any atom is 0.00609 e.